The average molecular weight is 397 g/mol. The van der Waals surface area contributed by atoms with E-state index in [9.17, 15) is 9.59 Å². The highest BCUT2D eigenvalue weighted by Crippen LogP contribution is 2.33. The van der Waals surface area contributed by atoms with Gasteiger partial charge in [0.15, 0.2) is 5.79 Å². The van der Waals surface area contributed by atoms with E-state index in [0.717, 1.165) is 31.6 Å². The number of hydrogen-bond acceptors (Lipinski definition) is 7. The molecule has 1 aromatic heterocycles. The minimum atomic E-state index is -0.421. The number of carbonyl (C=O) groups excluding carboxylic acids is 2. The summed E-state index contributed by atoms with van der Waals surface area (Å²) in [5.41, 5.74) is 2.29. The maximum Gasteiger partial charge on any atom is 0.337 e. The van der Waals surface area contributed by atoms with Crippen molar-refractivity contribution in [2.24, 2.45) is 0 Å². The zero-order valence-electron chi connectivity index (χ0n) is 16.2. The van der Waals surface area contributed by atoms with E-state index in [-0.39, 0.29) is 5.91 Å². The molecule has 0 aliphatic carbocycles. The maximum atomic E-state index is 12.4. The van der Waals surface area contributed by atoms with Crippen LogP contribution in [-0.2, 0) is 14.2 Å². The minimum absolute atomic E-state index is 0.312. The van der Waals surface area contributed by atoms with Gasteiger partial charge >= 0.3 is 5.97 Å². The number of nitrogens with zero attached hydrogens (tertiary/aromatic N) is 2. The SMILES string of the molecule is COC(=O)c1ccc(NC(=O)c2ccc(N3CCC4(CC3)OCCO4)cn2)cc1. The van der Waals surface area contributed by atoms with Gasteiger partial charge in [-0.2, -0.15) is 0 Å². The maximum absolute atomic E-state index is 12.4. The van der Waals surface area contributed by atoms with Crippen LogP contribution in [0.5, 0.6) is 0 Å². The summed E-state index contributed by atoms with van der Waals surface area (Å²) in [6.45, 7) is 2.97. The third kappa shape index (κ3) is 4.23. The third-order valence-electron chi connectivity index (χ3n) is 5.25. The van der Waals surface area contributed by atoms with E-state index in [1.807, 2.05) is 6.07 Å². The van der Waals surface area contributed by atoms with Gasteiger partial charge < -0.3 is 24.4 Å². The summed E-state index contributed by atoms with van der Waals surface area (Å²) in [4.78, 5) is 30.4. The Labute approximate surface area is 168 Å². The molecule has 2 aliphatic rings. The van der Waals surface area contributed by atoms with Crippen molar-refractivity contribution in [2.75, 3.05) is 43.6 Å². The number of anilines is 2. The molecule has 8 nitrogen and oxygen atoms in total. The average Bonchev–Trinajstić information content (AvgIpc) is 3.22. The van der Waals surface area contributed by atoms with Crippen LogP contribution in [0.3, 0.4) is 0 Å². The van der Waals surface area contributed by atoms with E-state index in [1.54, 1.807) is 36.5 Å². The predicted octanol–water partition coefficient (Wildman–Crippen LogP) is 2.46. The van der Waals surface area contributed by atoms with Crippen LogP contribution in [0.2, 0.25) is 0 Å². The van der Waals surface area contributed by atoms with Gasteiger partial charge in [-0.25, -0.2) is 9.78 Å². The number of benzene rings is 1. The normalized spacial score (nSPS) is 17.9. The van der Waals surface area contributed by atoms with Crippen molar-refractivity contribution in [1.29, 1.82) is 0 Å². The molecule has 2 fully saturated rings. The van der Waals surface area contributed by atoms with Crippen LogP contribution < -0.4 is 10.2 Å². The topological polar surface area (TPSA) is 90.0 Å². The standard InChI is InChI=1S/C21H23N3O5/c1-27-20(26)15-2-4-16(5-3-15)23-19(25)18-7-6-17(14-22-18)24-10-8-21(9-11-24)28-12-13-29-21/h2-7,14H,8-13H2,1H3,(H,23,25). The van der Waals surface area contributed by atoms with Gasteiger partial charge in [-0.15, -0.1) is 0 Å². The van der Waals surface area contributed by atoms with Crippen molar-refractivity contribution in [3.8, 4) is 0 Å². The number of piperidine rings is 1. The first-order valence-corrected chi connectivity index (χ1v) is 9.57. The molecule has 1 aromatic carbocycles. The zero-order chi connectivity index (χ0) is 20.3. The first-order valence-electron chi connectivity index (χ1n) is 9.57. The van der Waals surface area contributed by atoms with Crippen LogP contribution >= 0.6 is 0 Å². The monoisotopic (exact) mass is 397 g/mol. The van der Waals surface area contributed by atoms with Gasteiger partial charge in [-0.05, 0) is 36.4 Å². The lowest BCUT2D eigenvalue weighted by molar-refractivity contribution is -0.169. The minimum Gasteiger partial charge on any atom is -0.465 e. The van der Waals surface area contributed by atoms with Gasteiger partial charge in [0.25, 0.3) is 5.91 Å². The molecule has 0 bridgehead atoms. The lowest BCUT2D eigenvalue weighted by Crippen LogP contribution is -2.45. The van der Waals surface area contributed by atoms with Gasteiger partial charge in [0.05, 0.1) is 37.8 Å². The van der Waals surface area contributed by atoms with E-state index < -0.39 is 11.8 Å². The van der Waals surface area contributed by atoms with Crippen molar-refractivity contribution in [2.45, 2.75) is 18.6 Å². The smallest absolute Gasteiger partial charge is 0.337 e. The van der Waals surface area contributed by atoms with E-state index in [1.165, 1.54) is 7.11 Å². The molecule has 0 saturated carbocycles. The molecule has 3 heterocycles. The van der Waals surface area contributed by atoms with Crippen LogP contribution in [0.4, 0.5) is 11.4 Å². The summed E-state index contributed by atoms with van der Waals surface area (Å²) in [6, 6.07) is 10.1. The van der Waals surface area contributed by atoms with E-state index in [0.29, 0.717) is 30.2 Å². The largest absolute Gasteiger partial charge is 0.465 e. The Hall–Kier alpha value is -2.97. The molecule has 1 N–H and O–H groups in total. The molecule has 1 amide bonds. The number of carbonyl (C=O) groups is 2. The van der Waals surface area contributed by atoms with Gasteiger partial charge in [0.2, 0.25) is 0 Å². The molecule has 152 valence electrons. The Balaban J connectivity index is 1.35. The highest BCUT2D eigenvalue weighted by molar-refractivity contribution is 6.03. The van der Waals surface area contributed by atoms with Gasteiger partial charge in [0, 0.05) is 31.6 Å². The molecule has 29 heavy (non-hydrogen) atoms. The number of ether oxygens (including phenoxy) is 3. The summed E-state index contributed by atoms with van der Waals surface area (Å²) in [7, 11) is 1.32. The number of methoxy groups -OCH3 is 1. The highest BCUT2D eigenvalue weighted by Gasteiger charge is 2.39. The number of hydrogen-bond donors (Lipinski definition) is 1. The van der Waals surface area contributed by atoms with Crippen molar-refractivity contribution in [3.05, 3.63) is 53.9 Å². The molecule has 4 rings (SSSR count). The van der Waals surface area contributed by atoms with Crippen molar-refractivity contribution < 1.29 is 23.8 Å². The van der Waals surface area contributed by atoms with Crippen LogP contribution in [0, 0.1) is 0 Å². The second kappa shape index (κ2) is 8.18. The molecular formula is C21H23N3O5. The van der Waals surface area contributed by atoms with Crippen LogP contribution in [0.1, 0.15) is 33.7 Å². The summed E-state index contributed by atoms with van der Waals surface area (Å²) in [5.74, 6) is -1.14. The van der Waals surface area contributed by atoms with Gasteiger partial charge in [0.1, 0.15) is 5.69 Å². The fraction of sp³-hybridized carbons (Fsp3) is 0.381. The number of amides is 1. The zero-order valence-corrected chi connectivity index (χ0v) is 16.2. The van der Waals surface area contributed by atoms with Crippen molar-refractivity contribution >= 4 is 23.3 Å². The van der Waals surface area contributed by atoms with Gasteiger partial charge in [-0.1, -0.05) is 0 Å². The summed E-state index contributed by atoms with van der Waals surface area (Å²) in [5, 5.41) is 2.77. The quantitative estimate of drug-likeness (QED) is 0.793. The van der Waals surface area contributed by atoms with Crippen LogP contribution in [0.15, 0.2) is 42.6 Å². The Morgan fingerprint density at radius 3 is 2.34 bits per heavy atom. The highest BCUT2D eigenvalue weighted by atomic mass is 16.7. The van der Waals surface area contributed by atoms with Crippen LogP contribution in [0.25, 0.3) is 0 Å². The predicted molar refractivity (Wildman–Crippen MR) is 106 cm³/mol. The van der Waals surface area contributed by atoms with Crippen molar-refractivity contribution in [1.82, 2.24) is 4.98 Å². The molecule has 0 radical (unpaired) electrons. The molecule has 0 unspecified atom stereocenters. The van der Waals surface area contributed by atoms with E-state index in [2.05, 4.69) is 19.9 Å². The Bertz CT molecular complexity index is 866. The molecule has 2 aromatic rings. The summed E-state index contributed by atoms with van der Waals surface area (Å²) < 4.78 is 16.2. The Morgan fingerprint density at radius 1 is 1.07 bits per heavy atom. The molecule has 0 atom stereocenters. The second-order valence-electron chi connectivity index (χ2n) is 7.02. The molecule has 2 aliphatic heterocycles. The Kier molecular flexibility index (Phi) is 5.46. The number of aromatic nitrogens is 1. The first-order chi connectivity index (χ1) is 14.1. The number of rotatable bonds is 4. The lowest BCUT2D eigenvalue weighted by Gasteiger charge is -2.38. The number of nitrogens with one attached hydrogen (secondary N) is 1. The third-order valence-corrected chi connectivity index (χ3v) is 5.25. The fourth-order valence-electron chi connectivity index (χ4n) is 3.60. The molecule has 2 saturated heterocycles. The van der Waals surface area contributed by atoms with Gasteiger partial charge in [-0.3, -0.25) is 4.79 Å². The lowest BCUT2D eigenvalue weighted by atomic mass is 10.0. The molecular weight excluding hydrogens is 374 g/mol. The Morgan fingerprint density at radius 2 is 1.76 bits per heavy atom. The number of esters is 1. The molecule has 8 heteroatoms. The fourth-order valence-corrected chi connectivity index (χ4v) is 3.60. The van der Waals surface area contributed by atoms with Crippen LogP contribution in [-0.4, -0.2) is 56.1 Å². The second-order valence-corrected chi connectivity index (χ2v) is 7.02. The first kappa shape index (κ1) is 19.4. The van der Waals surface area contributed by atoms with Crippen molar-refractivity contribution in [3.63, 3.8) is 0 Å². The van der Waals surface area contributed by atoms with E-state index >= 15 is 0 Å². The molecule has 1 spiro atoms. The summed E-state index contributed by atoms with van der Waals surface area (Å²) >= 11 is 0. The van der Waals surface area contributed by atoms with E-state index in [4.69, 9.17) is 9.47 Å². The number of pyridine rings is 1. The summed E-state index contributed by atoms with van der Waals surface area (Å²) in [6.07, 6.45) is 3.34.